The number of hydrogen-bond donors (Lipinski definition) is 1. The van der Waals surface area contributed by atoms with E-state index in [0.717, 1.165) is 5.76 Å². The molecule has 0 spiro atoms. The highest BCUT2D eigenvalue weighted by molar-refractivity contribution is 9.10. The van der Waals surface area contributed by atoms with Gasteiger partial charge in [-0.3, -0.25) is 0 Å². The molecule has 1 aromatic heterocycles. The number of carbonyl (C=O) groups is 1. The zero-order chi connectivity index (χ0) is 10.6. The van der Waals surface area contributed by atoms with Crippen LogP contribution in [0.25, 0.3) is 0 Å². The molecular weight excluding hydrogens is 248 g/mol. The summed E-state index contributed by atoms with van der Waals surface area (Å²) in [6.07, 6.45) is 0. The predicted molar refractivity (Wildman–Crippen MR) is 56.9 cm³/mol. The molecule has 1 rings (SSSR count). The van der Waals surface area contributed by atoms with E-state index in [0.29, 0.717) is 17.8 Å². The van der Waals surface area contributed by atoms with Crippen LogP contribution in [0.2, 0.25) is 0 Å². The molecular formula is C9H13BrN2O2. The molecule has 0 saturated heterocycles. The van der Waals surface area contributed by atoms with Crippen molar-refractivity contribution in [2.24, 2.45) is 0 Å². The summed E-state index contributed by atoms with van der Waals surface area (Å²) in [5.74, 6) is 0.755. The van der Waals surface area contributed by atoms with E-state index >= 15 is 0 Å². The van der Waals surface area contributed by atoms with E-state index in [1.54, 1.807) is 18.0 Å². The smallest absolute Gasteiger partial charge is 0.317 e. The van der Waals surface area contributed by atoms with Crippen molar-refractivity contribution < 1.29 is 9.21 Å². The first kappa shape index (κ1) is 11.1. The number of furan rings is 1. The number of halogens is 1. The molecule has 5 heteroatoms. The van der Waals surface area contributed by atoms with Gasteiger partial charge >= 0.3 is 6.03 Å². The summed E-state index contributed by atoms with van der Waals surface area (Å²) >= 11 is 3.20. The van der Waals surface area contributed by atoms with Gasteiger partial charge in [0.05, 0.1) is 6.54 Å². The van der Waals surface area contributed by atoms with E-state index < -0.39 is 0 Å². The van der Waals surface area contributed by atoms with Gasteiger partial charge in [0.1, 0.15) is 5.76 Å². The molecule has 0 aromatic carbocycles. The van der Waals surface area contributed by atoms with Gasteiger partial charge in [0.2, 0.25) is 0 Å². The van der Waals surface area contributed by atoms with Crippen molar-refractivity contribution in [1.82, 2.24) is 10.2 Å². The van der Waals surface area contributed by atoms with E-state index in [-0.39, 0.29) is 6.03 Å². The number of carbonyl (C=O) groups excluding carboxylic acids is 1. The molecule has 0 bridgehead atoms. The summed E-state index contributed by atoms with van der Waals surface area (Å²) < 4.78 is 5.96. The molecule has 0 saturated carbocycles. The number of hydrogen-bond acceptors (Lipinski definition) is 2. The summed E-state index contributed by atoms with van der Waals surface area (Å²) in [5.41, 5.74) is 0. The Kier molecular flexibility index (Phi) is 4.00. The summed E-state index contributed by atoms with van der Waals surface area (Å²) in [6.45, 7) is 2.98. The minimum absolute atomic E-state index is 0.0972. The highest BCUT2D eigenvalue weighted by atomic mass is 79.9. The molecule has 0 radical (unpaired) electrons. The lowest BCUT2D eigenvalue weighted by molar-refractivity contribution is 0.203. The predicted octanol–water partition coefficient (Wildman–Crippen LogP) is 2.20. The van der Waals surface area contributed by atoms with Crippen LogP contribution in [-0.2, 0) is 6.54 Å². The van der Waals surface area contributed by atoms with Crippen molar-refractivity contribution in [2.45, 2.75) is 13.5 Å². The zero-order valence-electron chi connectivity index (χ0n) is 8.21. The first-order valence-electron chi connectivity index (χ1n) is 4.36. The third-order valence-corrected chi connectivity index (χ3v) is 2.12. The Labute approximate surface area is 91.4 Å². The largest absolute Gasteiger partial charge is 0.452 e. The Hall–Kier alpha value is -0.970. The quantitative estimate of drug-likeness (QED) is 0.906. The number of nitrogens with zero attached hydrogens (tertiary/aromatic N) is 1. The Morgan fingerprint density at radius 1 is 1.64 bits per heavy atom. The molecule has 0 fully saturated rings. The van der Waals surface area contributed by atoms with Crippen LogP contribution in [-0.4, -0.2) is 24.5 Å². The van der Waals surface area contributed by atoms with Crippen LogP contribution in [0.3, 0.4) is 0 Å². The fourth-order valence-electron chi connectivity index (χ4n) is 1.03. The van der Waals surface area contributed by atoms with Crippen LogP contribution in [0.4, 0.5) is 4.79 Å². The Balaban J connectivity index is 2.48. The number of urea groups is 1. The molecule has 0 aliphatic heterocycles. The van der Waals surface area contributed by atoms with Crippen LogP contribution >= 0.6 is 15.9 Å². The lowest BCUT2D eigenvalue weighted by Crippen LogP contribution is -2.36. The Bertz CT molecular complexity index is 312. The number of amides is 2. The zero-order valence-corrected chi connectivity index (χ0v) is 9.80. The van der Waals surface area contributed by atoms with E-state index in [1.807, 2.05) is 13.0 Å². The van der Waals surface area contributed by atoms with Crippen LogP contribution in [0.1, 0.15) is 12.7 Å². The molecule has 0 unspecified atom stereocenters. The van der Waals surface area contributed by atoms with Crippen LogP contribution in [0, 0.1) is 0 Å². The number of rotatable bonds is 3. The molecule has 1 heterocycles. The molecule has 1 N–H and O–H groups in total. The van der Waals surface area contributed by atoms with Gasteiger partial charge in [0.25, 0.3) is 0 Å². The maximum absolute atomic E-state index is 11.3. The molecule has 2 amide bonds. The van der Waals surface area contributed by atoms with Crippen molar-refractivity contribution >= 4 is 22.0 Å². The fourth-order valence-corrected chi connectivity index (χ4v) is 1.37. The van der Waals surface area contributed by atoms with Crippen molar-refractivity contribution in [1.29, 1.82) is 0 Å². The van der Waals surface area contributed by atoms with E-state index in [2.05, 4.69) is 21.2 Å². The topological polar surface area (TPSA) is 45.5 Å². The SMILES string of the molecule is CCNC(=O)N(C)Cc1ccc(Br)o1. The van der Waals surface area contributed by atoms with Gasteiger partial charge in [-0.2, -0.15) is 0 Å². The highest BCUT2D eigenvalue weighted by Crippen LogP contribution is 2.15. The summed E-state index contributed by atoms with van der Waals surface area (Å²) in [6, 6.07) is 3.54. The maximum atomic E-state index is 11.3. The van der Waals surface area contributed by atoms with E-state index in [4.69, 9.17) is 4.42 Å². The third-order valence-electron chi connectivity index (χ3n) is 1.70. The first-order valence-corrected chi connectivity index (χ1v) is 5.16. The van der Waals surface area contributed by atoms with Crippen molar-refractivity contribution in [3.8, 4) is 0 Å². The molecule has 4 nitrogen and oxygen atoms in total. The average molecular weight is 261 g/mol. The van der Waals surface area contributed by atoms with Gasteiger partial charge < -0.3 is 14.6 Å². The van der Waals surface area contributed by atoms with Gasteiger partial charge in [0, 0.05) is 13.6 Å². The third kappa shape index (κ3) is 3.06. The van der Waals surface area contributed by atoms with Crippen LogP contribution in [0.15, 0.2) is 21.2 Å². The number of nitrogens with one attached hydrogen (secondary N) is 1. The molecule has 78 valence electrons. The van der Waals surface area contributed by atoms with Crippen molar-refractivity contribution in [3.63, 3.8) is 0 Å². The van der Waals surface area contributed by atoms with Gasteiger partial charge in [0.15, 0.2) is 4.67 Å². The van der Waals surface area contributed by atoms with Gasteiger partial charge in [-0.15, -0.1) is 0 Å². The monoisotopic (exact) mass is 260 g/mol. The van der Waals surface area contributed by atoms with Crippen LogP contribution in [0.5, 0.6) is 0 Å². The lowest BCUT2D eigenvalue weighted by Gasteiger charge is -2.15. The fraction of sp³-hybridized carbons (Fsp3) is 0.444. The van der Waals surface area contributed by atoms with E-state index in [9.17, 15) is 4.79 Å². The van der Waals surface area contributed by atoms with Crippen molar-refractivity contribution in [2.75, 3.05) is 13.6 Å². The Morgan fingerprint density at radius 2 is 2.36 bits per heavy atom. The molecule has 0 aliphatic rings. The normalized spacial score (nSPS) is 9.93. The minimum atomic E-state index is -0.0972. The Morgan fingerprint density at radius 3 is 2.86 bits per heavy atom. The summed E-state index contributed by atoms with van der Waals surface area (Å²) in [5, 5.41) is 2.71. The van der Waals surface area contributed by atoms with Gasteiger partial charge in [-0.25, -0.2) is 4.79 Å². The van der Waals surface area contributed by atoms with Gasteiger partial charge in [-0.1, -0.05) is 0 Å². The van der Waals surface area contributed by atoms with E-state index in [1.165, 1.54) is 0 Å². The first-order chi connectivity index (χ1) is 6.63. The van der Waals surface area contributed by atoms with Gasteiger partial charge in [-0.05, 0) is 35.0 Å². The summed E-state index contributed by atoms with van der Waals surface area (Å²) in [4.78, 5) is 12.9. The highest BCUT2D eigenvalue weighted by Gasteiger charge is 2.09. The molecule has 0 atom stereocenters. The molecule has 0 aliphatic carbocycles. The minimum Gasteiger partial charge on any atom is -0.452 e. The standard InChI is InChI=1S/C9H13BrN2O2/c1-3-11-9(13)12(2)6-7-4-5-8(10)14-7/h4-5H,3,6H2,1-2H3,(H,11,13). The average Bonchev–Trinajstić information content (AvgIpc) is 2.51. The maximum Gasteiger partial charge on any atom is 0.317 e. The van der Waals surface area contributed by atoms with Crippen molar-refractivity contribution in [3.05, 3.63) is 22.6 Å². The second-order valence-electron chi connectivity index (χ2n) is 2.90. The summed E-state index contributed by atoms with van der Waals surface area (Å²) in [7, 11) is 1.72. The lowest BCUT2D eigenvalue weighted by atomic mass is 10.4. The second-order valence-corrected chi connectivity index (χ2v) is 3.68. The van der Waals surface area contributed by atoms with Crippen LogP contribution < -0.4 is 5.32 Å². The molecule has 1 aromatic rings. The molecule has 14 heavy (non-hydrogen) atoms. The second kappa shape index (κ2) is 5.05.